The maximum Gasteiger partial charge on any atom is 0.148 e. The molecule has 0 radical (unpaired) electrons. The summed E-state index contributed by atoms with van der Waals surface area (Å²) in [6.45, 7) is 17.4. The third-order valence-corrected chi connectivity index (χ3v) is 11.5. The number of aromatic nitrogens is 3. The number of aromatic hydroxyl groups is 1. The molecule has 0 aliphatic carbocycles. The Hall–Kier alpha value is -5.57. The minimum Gasteiger partial charge on any atom is -0.507 e. The smallest absolute Gasteiger partial charge is 0.148 e. The van der Waals surface area contributed by atoms with Gasteiger partial charge in [0.15, 0.2) is 0 Å². The minimum absolute atomic E-state index is 0. The van der Waals surface area contributed by atoms with Crippen LogP contribution in [0, 0.1) is 6.07 Å². The Morgan fingerprint density at radius 1 is 0.667 bits per heavy atom. The summed E-state index contributed by atoms with van der Waals surface area (Å²) in [5.74, 6) is 1.03. The number of phenolic OH excluding ortho intramolecular Hbond substituents is 1. The average Bonchev–Trinajstić information content (AvgIpc) is 3.67. The Morgan fingerprint density at radius 3 is 2.05 bits per heavy atom. The van der Waals surface area contributed by atoms with Crippen LogP contribution in [0.1, 0.15) is 97.7 Å². The van der Waals surface area contributed by atoms with Crippen molar-refractivity contribution < 1.29 is 33.0 Å². The zero-order chi connectivity index (χ0) is 45.8. The van der Waals surface area contributed by atoms with Crippen LogP contribution >= 0.6 is 0 Å². The van der Waals surface area contributed by atoms with E-state index < -0.39 is 6.04 Å². The molecule has 0 aliphatic heterocycles. The van der Waals surface area contributed by atoms with E-state index in [0.29, 0.717) is 28.2 Å². The summed E-state index contributed by atoms with van der Waals surface area (Å²) in [5, 5.41) is 12.2. The van der Waals surface area contributed by atoms with Gasteiger partial charge >= 0.3 is 0 Å². The van der Waals surface area contributed by atoms with Crippen molar-refractivity contribution in [1.29, 1.82) is 0 Å². The molecule has 60 heavy (non-hydrogen) atoms. The van der Waals surface area contributed by atoms with Crippen molar-refractivity contribution in [2.45, 2.75) is 85.0 Å². The quantitative estimate of drug-likeness (QED) is 0.147. The molecule has 8 aromatic rings. The molecule has 0 spiro atoms. The standard InChI is InChI=1S/C55H54N3O.Pt/c1-9-36(10-2)45-24-17-25-46(52(45)59)53-57-51-44(23-18-26-50(51)58(53)49-28-27-42(54(3,4)5)35-47(49)38-21-15-12-16-22-38)40-31-41(33-43(32-40)55(6,7)8)48-34-39(29-30-56-48)37-19-13-11-14-20-37;/h11-30,32-36,59H,9-10H2,1-8H3;/q-1;/i11D,13D,14D,19D,20D;. The maximum absolute atomic E-state index is 12.2. The van der Waals surface area contributed by atoms with Gasteiger partial charge in [-0.15, -0.1) is 29.3 Å². The molecule has 1 N–H and O–H groups in total. The molecule has 2 aromatic heterocycles. The molecule has 8 rings (SSSR count). The van der Waals surface area contributed by atoms with Gasteiger partial charge in [0.25, 0.3) is 0 Å². The molecule has 0 fully saturated rings. The first-order chi connectivity index (χ1) is 30.4. The molecule has 0 amide bonds. The van der Waals surface area contributed by atoms with Crippen molar-refractivity contribution in [2.75, 3.05) is 0 Å². The fourth-order valence-electron chi connectivity index (χ4n) is 8.00. The number of nitrogens with zero attached hydrogens (tertiary/aromatic N) is 3. The Kier molecular flexibility index (Phi) is 10.4. The van der Waals surface area contributed by atoms with E-state index >= 15 is 0 Å². The number of hydrogen-bond acceptors (Lipinski definition) is 3. The molecular weight excluding hydrogens is 914 g/mol. The van der Waals surface area contributed by atoms with Gasteiger partial charge in [0.1, 0.15) is 11.6 Å². The molecule has 4 nitrogen and oxygen atoms in total. The molecule has 0 aliphatic rings. The van der Waals surface area contributed by atoms with E-state index in [0.717, 1.165) is 62.9 Å². The Morgan fingerprint density at radius 2 is 1.35 bits per heavy atom. The Bertz CT molecular complexity index is 3040. The number of hydrogen-bond donors (Lipinski definition) is 1. The normalized spacial score (nSPS) is 13.1. The summed E-state index contributed by atoms with van der Waals surface area (Å²) in [4.78, 5) is 10.3. The number of phenols is 1. The van der Waals surface area contributed by atoms with Crippen LogP contribution in [-0.2, 0) is 31.9 Å². The summed E-state index contributed by atoms with van der Waals surface area (Å²) in [6.07, 6.45) is 3.39. The number of para-hydroxylation sites is 2. The largest absolute Gasteiger partial charge is 0.507 e. The van der Waals surface area contributed by atoms with Gasteiger partial charge in [-0.25, -0.2) is 4.98 Å². The number of fused-ring (bicyclic) bond motifs is 1. The first-order valence-corrected chi connectivity index (χ1v) is 20.6. The second-order valence-corrected chi connectivity index (χ2v) is 17.4. The third-order valence-electron chi connectivity index (χ3n) is 11.5. The number of benzene rings is 6. The molecule has 306 valence electrons. The Labute approximate surface area is 377 Å². The van der Waals surface area contributed by atoms with Gasteiger partial charge in [0, 0.05) is 38.5 Å². The van der Waals surface area contributed by atoms with Crippen LogP contribution in [0.3, 0.4) is 0 Å². The van der Waals surface area contributed by atoms with Gasteiger partial charge in [0.05, 0.1) is 29.1 Å². The predicted molar refractivity (Wildman–Crippen MR) is 247 cm³/mol. The molecule has 0 saturated heterocycles. The van der Waals surface area contributed by atoms with Crippen LogP contribution < -0.4 is 0 Å². The molecule has 0 unspecified atom stereocenters. The van der Waals surface area contributed by atoms with Gasteiger partial charge in [-0.1, -0.05) is 163 Å². The summed E-state index contributed by atoms with van der Waals surface area (Å²) in [7, 11) is 0. The van der Waals surface area contributed by atoms with Crippen molar-refractivity contribution in [3.63, 3.8) is 0 Å². The van der Waals surface area contributed by atoms with Gasteiger partial charge in [-0.05, 0) is 87.7 Å². The van der Waals surface area contributed by atoms with Crippen molar-refractivity contribution in [3.05, 3.63) is 168 Å². The summed E-state index contributed by atoms with van der Waals surface area (Å²) in [6, 6.07) is 38.9. The van der Waals surface area contributed by atoms with Gasteiger partial charge in [-0.3, -0.25) is 9.55 Å². The van der Waals surface area contributed by atoms with Crippen molar-refractivity contribution >= 4 is 11.0 Å². The van der Waals surface area contributed by atoms with E-state index in [2.05, 4.69) is 133 Å². The van der Waals surface area contributed by atoms with E-state index in [9.17, 15) is 5.11 Å². The van der Waals surface area contributed by atoms with E-state index in [-0.39, 0.29) is 73.3 Å². The van der Waals surface area contributed by atoms with Crippen LogP contribution in [0.25, 0.3) is 72.7 Å². The number of imidazole rings is 1. The molecule has 5 heteroatoms. The molecule has 6 aromatic carbocycles. The topological polar surface area (TPSA) is 50.9 Å². The SMILES string of the molecule is [2H]c1c([2H])c([2H])c(-c2ccnc(-c3[c-]c(-c4cccc5c4nc(-c4cccc(C(CC)CC)c4O)n5-c4ccc(C(C)(C)C)cc4-c4ccccc4)cc(C(C)(C)C)c3)c2)c([2H])c1[2H].[Pt]. The first-order valence-electron chi connectivity index (χ1n) is 23.1. The van der Waals surface area contributed by atoms with Crippen LogP contribution in [0.5, 0.6) is 5.75 Å². The molecular formula is C55H54N3OPt-. The average molecular weight is 973 g/mol. The van der Waals surface area contributed by atoms with Crippen LogP contribution in [0.2, 0.25) is 0 Å². The van der Waals surface area contributed by atoms with Crippen molar-refractivity contribution in [3.8, 4) is 67.5 Å². The second kappa shape index (κ2) is 17.2. The molecule has 2 heterocycles. The van der Waals surface area contributed by atoms with E-state index in [1.807, 2.05) is 30.3 Å². The van der Waals surface area contributed by atoms with Crippen molar-refractivity contribution in [2.24, 2.45) is 0 Å². The fourth-order valence-corrected chi connectivity index (χ4v) is 8.00. The van der Waals surface area contributed by atoms with E-state index in [4.69, 9.17) is 16.8 Å². The van der Waals surface area contributed by atoms with Gasteiger partial charge < -0.3 is 5.11 Å². The number of pyridine rings is 1. The fraction of sp³-hybridized carbons (Fsp3) is 0.236. The van der Waals surface area contributed by atoms with E-state index in [1.54, 1.807) is 18.3 Å². The molecule has 0 bridgehead atoms. The zero-order valence-electron chi connectivity index (χ0n) is 40.6. The van der Waals surface area contributed by atoms with E-state index in [1.165, 1.54) is 5.56 Å². The summed E-state index contributed by atoms with van der Waals surface area (Å²) in [5.41, 5.74) is 11.5. The van der Waals surface area contributed by atoms with Gasteiger partial charge in [-0.2, -0.15) is 0 Å². The molecule has 0 saturated carbocycles. The maximum atomic E-state index is 12.2. The summed E-state index contributed by atoms with van der Waals surface area (Å²) >= 11 is 0. The second-order valence-electron chi connectivity index (χ2n) is 17.4. The number of rotatable bonds is 9. The van der Waals surface area contributed by atoms with Crippen LogP contribution in [0.4, 0.5) is 0 Å². The zero-order valence-corrected chi connectivity index (χ0v) is 37.8. The minimum atomic E-state index is -0.434. The third kappa shape index (κ3) is 8.28. The van der Waals surface area contributed by atoms with Crippen LogP contribution in [0.15, 0.2) is 146 Å². The van der Waals surface area contributed by atoms with Crippen LogP contribution in [-0.4, -0.2) is 19.6 Å². The van der Waals surface area contributed by atoms with Crippen molar-refractivity contribution in [1.82, 2.24) is 14.5 Å². The van der Waals surface area contributed by atoms with Gasteiger partial charge in [0.2, 0.25) is 0 Å². The first kappa shape index (κ1) is 36.3. The molecule has 0 atom stereocenters. The monoisotopic (exact) mass is 972 g/mol. The summed E-state index contributed by atoms with van der Waals surface area (Å²) < 4.78 is 44.3. The Balaban J connectivity index is 0.00000630. The predicted octanol–water partition coefficient (Wildman–Crippen LogP) is 14.8.